The Morgan fingerprint density at radius 1 is 1.50 bits per heavy atom. The van der Waals surface area contributed by atoms with Gasteiger partial charge in [-0.1, -0.05) is 0 Å². The molecule has 0 radical (unpaired) electrons. The van der Waals surface area contributed by atoms with Crippen LogP contribution < -0.4 is 0 Å². The number of hydrogen-bond donors (Lipinski definition) is 0. The second kappa shape index (κ2) is 2.49. The Kier molecular flexibility index (Phi) is 1.64. The van der Waals surface area contributed by atoms with Gasteiger partial charge in [0.2, 0.25) is 0 Å². The normalized spacial score (nSPS) is 17.3. The zero-order chi connectivity index (χ0) is 6.97. The third-order valence-electron chi connectivity index (χ3n) is 1.75. The van der Waals surface area contributed by atoms with Crippen LogP contribution in [0.3, 0.4) is 0 Å². The van der Waals surface area contributed by atoms with E-state index in [1.807, 2.05) is 12.3 Å². The molecule has 0 bridgehead atoms. The predicted octanol–water partition coefficient (Wildman–Crippen LogP) is 2.56. The summed E-state index contributed by atoms with van der Waals surface area (Å²) >= 11 is 2.35. The molecule has 1 aliphatic carbocycles. The third kappa shape index (κ3) is 1.17. The van der Waals surface area contributed by atoms with E-state index in [2.05, 4.69) is 33.6 Å². The molecule has 52 valence electrons. The summed E-state index contributed by atoms with van der Waals surface area (Å²) in [6.45, 7) is 0. The molecule has 1 aliphatic rings. The number of rotatable bonds is 1. The maximum atomic E-state index is 4.33. The van der Waals surface area contributed by atoms with Crippen LogP contribution in [0, 0.1) is 3.57 Å². The summed E-state index contributed by atoms with van der Waals surface area (Å²) in [6.07, 6.45) is 4.57. The van der Waals surface area contributed by atoms with E-state index in [1.54, 1.807) is 0 Å². The van der Waals surface area contributed by atoms with Gasteiger partial charge >= 0.3 is 0 Å². The Bertz CT molecular complexity index is 243. The standard InChI is InChI=1S/C8H8IN/c9-7-2-1-5-10-8(7)6-3-4-6/h1-2,5-6H,3-4H2. The first-order valence-electron chi connectivity index (χ1n) is 3.48. The molecule has 1 aromatic heterocycles. The second-order valence-electron chi connectivity index (χ2n) is 2.64. The number of nitrogens with zero attached hydrogens (tertiary/aromatic N) is 1. The van der Waals surface area contributed by atoms with Gasteiger partial charge in [-0.3, -0.25) is 4.98 Å². The fourth-order valence-corrected chi connectivity index (χ4v) is 1.84. The molecular weight excluding hydrogens is 237 g/mol. The molecule has 0 aromatic carbocycles. The van der Waals surface area contributed by atoms with Crippen molar-refractivity contribution < 1.29 is 0 Å². The van der Waals surface area contributed by atoms with E-state index in [-0.39, 0.29) is 0 Å². The summed E-state index contributed by atoms with van der Waals surface area (Å²) in [5.74, 6) is 0.785. The smallest absolute Gasteiger partial charge is 0.0567 e. The highest BCUT2D eigenvalue weighted by Gasteiger charge is 2.26. The van der Waals surface area contributed by atoms with Crippen LogP contribution >= 0.6 is 22.6 Å². The average Bonchev–Trinajstić information content (AvgIpc) is 2.71. The van der Waals surface area contributed by atoms with Crippen LogP contribution in [0.1, 0.15) is 24.5 Å². The average molecular weight is 245 g/mol. The summed E-state index contributed by atoms with van der Waals surface area (Å²) in [4.78, 5) is 4.33. The lowest BCUT2D eigenvalue weighted by atomic mass is 10.3. The van der Waals surface area contributed by atoms with Crippen molar-refractivity contribution in [1.82, 2.24) is 4.98 Å². The largest absolute Gasteiger partial charge is 0.260 e. The number of aromatic nitrogens is 1. The summed E-state index contributed by atoms with van der Waals surface area (Å²) < 4.78 is 1.32. The van der Waals surface area contributed by atoms with Gasteiger partial charge in [0, 0.05) is 15.7 Å². The van der Waals surface area contributed by atoms with Crippen molar-refractivity contribution in [1.29, 1.82) is 0 Å². The molecule has 2 heteroatoms. The zero-order valence-corrected chi connectivity index (χ0v) is 7.71. The molecule has 1 fully saturated rings. The first kappa shape index (κ1) is 6.58. The molecule has 1 aromatic rings. The van der Waals surface area contributed by atoms with Crippen LogP contribution in [0.25, 0.3) is 0 Å². The van der Waals surface area contributed by atoms with Crippen LogP contribution in [-0.4, -0.2) is 4.98 Å². The Balaban J connectivity index is 2.39. The Hall–Kier alpha value is -0.120. The van der Waals surface area contributed by atoms with E-state index in [0.29, 0.717) is 0 Å². The predicted molar refractivity (Wildman–Crippen MR) is 48.9 cm³/mol. The Morgan fingerprint density at radius 2 is 2.30 bits per heavy atom. The molecule has 0 unspecified atom stereocenters. The minimum atomic E-state index is 0.785. The fourth-order valence-electron chi connectivity index (χ4n) is 1.06. The van der Waals surface area contributed by atoms with Gasteiger partial charge in [0.1, 0.15) is 0 Å². The van der Waals surface area contributed by atoms with E-state index in [9.17, 15) is 0 Å². The van der Waals surface area contributed by atoms with Gasteiger partial charge in [-0.25, -0.2) is 0 Å². The van der Waals surface area contributed by atoms with Crippen molar-refractivity contribution in [3.05, 3.63) is 27.6 Å². The maximum Gasteiger partial charge on any atom is 0.0567 e. The second-order valence-corrected chi connectivity index (χ2v) is 3.81. The monoisotopic (exact) mass is 245 g/mol. The van der Waals surface area contributed by atoms with Crippen molar-refractivity contribution in [2.45, 2.75) is 18.8 Å². The molecule has 1 nitrogen and oxygen atoms in total. The highest BCUT2D eigenvalue weighted by Crippen LogP contribution is 2.40. The zero-order valence-electron chi connectivity index (χ0n) is 5.55. The van der Waals surface area contributed by atoms with Crippen LogP contribution in [-0.2, 0) is 0 Å². The topological polar surface area (TPSA) is 12.9 Å². The van der Waals surface area contributed by atoms with Crippen molar-refractivity contribution in [3.8, 4) is 0 Å². The highest BCUT2D eigenvalue weighted by atomic mass is 127. The van der Waals surface area contributed by atoms with Crippen molar-refractivity contribution in [2.75, 3.05) is 0 Å². The van der Waals surface area contributed by atoms with Crippen molar-refractivity contribution in [2.24, 2.45) is 0 Å². The molecule has 0 saturated heterocycles. The minimum absolute atomic E-state index is 0.785. The first-order chi connectivity index (χ1) is 4.88. The Morgan fingerprint density at radius 3 is 2.90 bits per heavy atom. The summed E-state index contributed by atoms with van der Waals surface area (Å²) in [7, 11) is 0. The lowest BCUT2D eigenvalue weighted by Gasteiger charge is -1.97. The lowest BCUT2D eigenvalue weighted by Crippen LogP contribution is -1.88. The highest BCUT2D eigenvalue weighted by molar-refractivity contribution is 14.1. The SMILES string of the molecule is Ic1cccnc1C1CC1. The number of hydrogen-bond acceptors (Lipinski definition) is 1. The van der Waals surface area contributed by atoms with E-state index in [1.165, 1.54) is 22.1 Å². The van der Waals surface area contributed by atoms with Gasteiger partial charge in [-0.05, 0) is 47.6 Å². The lowest BCUT2D eigenvalue weighted by molar-refractivity contribution is 1.01. The summed E-state index contributed by atoms with van der Waals surface area (Å²) in [6, 6.07) is 4.12. The van der Waals surface area contributed by atoms with Crippen LogP contribution in [0.15, 0.2) is 18.3 Å². The third-order valence-corrected chi connectivity index (χ3v) is 2.66. The summed E-state index contributed by atoms with van der Waals surface area (Å²) in [5, 5.41) is 0. The van der Waals surface area contributed by atoms with Gasteiger partial charge in [-0.15, -0.1) is 0 Å². The number of halogens is 1. The minimum Gasteiger partial charge on any atom is -0.260 e. The molecule has 0 aliphatic heterocycles. The quantitative estimate of drug-likeness (QED) is 0.693. The van der Waals surface area contributed by atoms with Gasteiger partial charge in [0.05, 0.1) is 5.69 Å². The van der Waals surface area contributed by atoms with Crippen LogP contribution in [0.5, 0.6) is 0 Å². The molecular formula is C8H8IN. The van der Waals surface area contributed by atoms with Gasteiger partial charge in [0.15, 0.2) is 0 Å². The van der Waals surface area contributed by atoms with Gasteiger partial charge in [-0.2, -0.15) is 0 Å². The van der Waals surface area contributed by atoms with E-state index < -0.39 is 0 Å². The maximum absolute atomic E-state index is 4.33. The molecule has 0 amide bonds. The van der Waals surface area contributed by atoms with Crippen LogP contribution in [0.2, 0.25) is 0 Å². The van der Waals surface area contributed by atoms with Crippen molar-refractivity contribution in [3.63, 3.8) is 0 Å². The van der Waals surface area contributed by atoms with Gasteiger partial charge in [0.25, 0.3) is 0 Å². The van der Waals surface area contributed by atoms with E-state index in [4.69, 9.17) is 0 Å². The summed E-state index contributed by atoms with van der Waals surface area (Å²) in [5.41, 5.74) is 1.31. The van der Waals surface area contributed by atoms with E-state index >= 15 is 0 Å². The molecule has 0 spiro atoms. The first-order valence-corrected chi connectivity index (χ1v) is 4.56. The van der Waals surface area contributed by atoms with Crippen LogP contribution in [0.4, 0.5) is 0 Å². The molecule has 10 heavy (non-hydrogen) atoms. The molecule has 1 saturated carbocycles. The number of pyridine rings is 1. The fraction of sp³-hybridized carbons (Fsp3) is 0.375. The molecule has 1 heterocycles. The van der Waals surface area contributed by atoms with Gasteiger partial charge < -0.3 is 0 Å². The Labute approximate surface area is 74.0 Å². The molecule has 0 atom stereocenters. The van der Waals surface area contributed by atoms with E-state index in [0.717, 1.165) is 5.92 Å². The van der Waals surface area contributed by atoms with Crippen molar-refractivity contribution >= 4 is 22.6 Å². The molecule has 2 rings (SSSR count). The molecule has 0 N–H and O–H groups in total.